The van der Waals surface area contributed by atoms with Crippen molar-refractivity contribution >= 4 is 75.4 Å². The van der Waals surface area contributed by atoms with Gasteiger partial charge in [0.2, 0.25) is 5.91 Å². The maximum absolute atomic E-state index is 13.4. The van der Waals surface area contributed by atoms with Gasteiger partial charge in [-0.3, -0.25) is 19.3 Å². The van der Waals surface area contributed by atoms with Crippen LogP contribution in [-0.2, 0) is 16.2 Å². The average molecular weight is 610 g/mol. The first-order valence-corrected chi connectivity index (χ1v) is 13.4. The van der Waals surface area contributed by atoms with Gasteiger partial charge in [0.25, 0.3) is 11.1 Å². The molecule has 0 bridgehead atoms. The Labute approximate surface area is 242 Å². The SMILES string of the molecule is CCOc1cc(/C=C2/SC(=O)N(CC(=O)Nc3cccc(F)c3)C2=O)cc(Cl)c1OCc1ccc(Cl)cc1Cl. The number of thioether (sulfide) groups is 1. The van der Waals surface area contributed by atoms with Crippen LogP contribution in [0, 0.1) is 5.82 Å². The fourth-order valence-electron chi connectivity index (χ4n) is 3.56. The summed E-state index contributed by atoms with van der Waals surface area (Å²) >= 11 is 19.4. The summed E-state index contributed by atoms with van der Waals surface area (Å²) in [6, 6.07) is 13.5. The Kier molecular flexibility index (Phi) is 9.40. The summed E-state index contributed by atoms with van der Waals surface area (Å²) in [5, 5.41) is 3.00. The van der Waals surface area contributed by atoms with E-state index in [4.69, 9.17) is 44.3 Å². The summed E-state index contributed by atoms with van der Waals surface area (Å²) in [6.07, 6.45) is 1.48. The van der Waals surface area contributed by atoms with Crippen LogP contribution in [0.15, 0.2) is 59.5 Å². The van der Waals surface area contributed by atoms with Gasteiger partial charge in [0.05, 0.1) is 16.5 Å². The molecule has 1 N–H and O–H groups in total. The van der Waals surface area contributed by atoms with Gasteiger partial charge in [0.15, 0.2) is 11.5 Å². The zero-order chi connectivity index (χ0) is 28.1. The molecule has 0 atom stereocenters. The van der Waals surface area contributed by atoms with E-state index in [2.05, 4.69) is 5.32 Å². The number of anilines is 1. The number of hydrogen-bond acceptors (Lipinski definition) is 6. The number of carbonyl (C=O) groups is 3. The van der Waals surface area contributed by atoms with Crippen molar-refractivity contribution in [3.05, 3.63) is 91.5 Å². The molecule has 3 amide bonds. The maximum Gasteiger partial charge on any atom is 0.294 e. The second-order valence-corrected chi connectivity index (χ2v) is 10.4. The van der Waals surface area contributed by atoms with Crippen molar-refractivity contribution in [2.45, 2.75) is 13.5 Å². The van der Waals surface area contributed by atoms with Crippen LogP contribution in [0.2, 0.25) is 15.1 Å². The molecule has 1 heterocycles. The molecule has 12 heteroatoms. The van der Waals surface area contributed by atoms with E-state index in [-0.39, 0.29) is 28.0 Å². The van der Waals surface area contributed by atoms with Crippen molar-refractivity contribution in [1.82, 2.24) is 4.90 Å². The topological polar surface area (TPSA) is 84.9 Å². The summed E-state index contributed by atoms with van der Waals surface area (Å²) in [5.74, 6) is -1.21. The molecule has 0 unspecified atom stereocenters. The van der Waals surface area contributed by atoms with Gasteiger partial charge in [-0.25, -0.2) is 4.39 Å². The zero-order valence-corrected chi connectivity index (χ0v) is 23.4. The maximum atomic E-state index is 13.4. The highest BCUT2D eigenvalue weighted by atomic mass is 35.5. The van der Waals surface area contributed by atoms with Crippen molar-refractivity contribution < 1.29 is 28.2 Å². The molecule has 1 fully saturated rings. The van der Waals surface area contributed by atoms with E-state index in [0.29, 0.717) is 45.3 Å². The number of ether oxygens (including phenoxy) is 2. The molecule has 0 spiro atoms. The highest BCUT2D eigenvalue weighted by Crippen LogP contribution is 2.40. The van der Waals surface area contributed by atoms with Crippen LogP contribution >= 0.6 is 46.6 Å². The first-order chi connectivity index (χ1) is 18.6. The standard InChI is InChI=1S/C27H20Cl3FN2O5S/c1-2-37-22-9-15(8-21(30)25(22)38-14-16-6-7-17(28)11-20(16)29)10-23-26(35)33(27(36)39-23)13-24(34)32-19-5-3-4-18(31)12-19/h3-12H,2,13-14H2,1H3,(H,32,34)/b23-10+. The molecular weight excluding hydrogens is 590 g/mol. The molecule has 1 aliphatic rings. The molecular formula is C27H20Cl3FN2O5S. The monoisotopic (exact) mass is 608 g/mol. The van der Waals surface area contributed by atoms with Gasteiger partial charge in [-0.2, -0.15) is 0 Å². The predicted octanol–water partition coefficient (Wildman–Crippen LogP) is 7.44. The van der Waals surface area contributed by atoms with Crippen LogP contribution in [0.5, 0.6) is 11.5 Å². The zero-order valence-electron chi connectivity index (χ0n) is 20.3. The van der Waals surface area contributed by atoms with Crippen LogP contribution < -0.4 is 14.8 Å². The fourth-order valence-corrected chi connectivity index (χ4v) is 5.14. The summed E-state index contributed by atoms with van der Waals surface area (Å²) in [7, 11) is 0. The molecule has 0 aromatic heterocycles. The third-order valence-corrected chi connectivity index (χ3v) is 7.08. The van der Waals surface area contributed by atoms with Crippen molar-refractivity contribution in [2.24, 2.45) is 0 Å². The van der Waals surface area contributed by atoms with Crippen molar-refractivity contribution in [1.29, 1.82) is 0 Å². The number of nitrogens with one attached hydrogen (secondary N) is 1. The van der Waals surface area contributed by atoms with Crippen molar-refractivity contribution in [2.75, 3.05) is 18.5 Å². The molecule has 3 aromatic carbocycles. The highest BCUT2D eigenvalue weighted by Gasteiger charge is 2.36. The van der Waals surface area contributed by atoms with Crippen molar-refractivity contribution in [3.8, 4) is 11.5 Å². The average Bonchev–Trinajstić information content (AvgIpc) is 3.12. The minimum atomic E-state index is -0.647. The quantitative estimate of drug-likeness (QED) is 0.254. The predicted molar refractivity (Wildman–Crippen MR) is 151 cm³/mol. The minimum absolute atomic E-state index is 0.0960. The summed E-state index contributed by atoms with van der Waals surface area (Å²) in [5.41, 5.74) is 1.38. The number of carbonyl (C=O) groups excluding carboxylic acids is 3. The molecule has 7 nitrogen and oxygen atoms in total. The first kappa shape index (κ1) is 28.8. The first-order valence-electron chi connectivity index (χ1n) is 11.5. The molecule has 0 aliphatic carbocycles. The molecule has 4 rings (SSSR count). The van der Waals surface area contributed by atoms with E-state index in [1.54, 1.807) is 37.3 Å². The van der Waals surface area contributed by atoms with Crippen LogP contribution in [0.25, 0.3) is 6.08 Å². The van der Waals surface area contributed by atoms with Gasteiger partial charge >= 0.3 is 0 Å². The van der Waals surface area contributed by atoms with Crippen LogP contribution in [0.4, 0.5) is 14.9 Å². The number of rotatable bonds is 9. The summed E-state index contributed by atoms with van der Waals surface area (Å²) in [6.45, 7) is 1.69. The van der Waals surface area contributed by atoms with Gasteiger partial charge < -0.3 is 14.8 Å². The lowest BCUT2D eigenvalue weighted by Gasteiger charge is -2.15. The number of hydrogen-bond donors (Lipinski definition) is 1. The second-order valence-electron chi connectivity index (χ2n) is 8.11. The molecule has 1 saturated heterocycles. The van der Waals surface area contributed by atoms with Crippen LogP contribution in [0.1, 0.15) is 18.1 Å². The number of benzene rings is 3. The van der Waals surface area contributed by atoms with E-state index in [9.17, 15) is 18.8 Å². The molecule has 1 aliphatic heterocycles. The van der Waals surface area contributed by atoms with Gasteiger partial charge in [0.1, 0.15) is 19.0 Å². The van der Waals surface area contributed by atoms with E-state index in [1.807, 2.05) is 0 Å². The Morgan fingerprint density at radius 3 is 2.56 bits per heavy atom. The Morgan fingerprint density at radius 2 is 1.85 bits per heavy atom. The van der Waals surface area contributed by atoms with E-state index >= 15 is 0 Å². The van der Waals surface area contributed by atoms with Crippen molar-refractivity contribution in [3.63, 3.8) is 0 Å². The van der Waals surface area contributed by atoms with Gasteiger partial charge in [-0.15, -0.1) is 0 Å². The van der Waals surface area contributed by atoms with Gasteiger partial charge in [0, 0.05) is 21.3 Å². The Balaban J connectivity index is 1.50. The normalized spacial score (nSPS) is 14.2. The minimum Gasteiger partial charge on any atom is -0.490 e. The largest absolute Gasteiger partial charge is 0.490 e. The van der Waals surface area contributed by atoms with E-state index in [1.165, 1.54) is 24.3 Å². The number of amides is 3. The molecule has 202 valence electrons. The molecule has 0 saturated carbocycles. The highest BCUT2D eigenvalue weighted by molar-refractivity contribution is 8.18. The van der Waals surface area contributed by atoms with Crippen LogP contribution in [0.3, 0.4) is 0 Å². The lowest BCUT2D eigenvalue weighted by atomic mass is 10.1. The lowest BCUT2D eigenvalue weighted by molar-refractivity contribution is -0.127. The van der Waals surface area contributed by atoms with Gasteiger partial charge in [-0.05, 0) is 72.8 Å². The molecule has 0 radical (unpaired) electrons. The van der Waals surface area contributed by atoms with Crippen LogP contribution in [-0.4, -0.2) is 35.1 Å². The van der Waals surface area contributed by atoms with E-state index < -0.39 is 29.4 Å². The Hall–Kier alpha value is -3.24. The third kappa shape index (κ3) is 7.24. The summed E-state index contributed by atoms with van der Waals surface area (Å²) < 4.78 is 25.0. The Bertz CT molecular complexity index is 1480. The molecule has 39 heavy (non-hydrogen) atoms. The van der Waals surface area contributed by atoms with Gasteiger partial charge in [-0.1, -0.05) is 46.9 Å². The summed E-state index contributed by atoms with van der Waals surface area (Å²) in [4.78, 5) is 38.7. The Morgan fingerprint density at radius 1 is 1.05 bits per heavy atom. The fraction of sp³-hybridized carbons (Fsp3) is 0.148. The number of imide groups is 1. The number of halogens is 4. The van der Waals surface area contributed by atoms with E-state index in [0.717, 1.165) is 11.0 Å². The number of nitrogens with zero attached hydrogens (tertiary/aromatic N) is 1. The molecule has 3 aromatic rings. The lowest BCUT2D eigenvalue weighted by Crippen LogP contribution is -2.36. The smallest absolute Gasteiger partial charge is 0.294 e. The second kappa shape index (κ2) is 12.7. The third-order valence-electron chi connectivity index (χ3n) is 5.30.